The van der Waals surface area contributed by atoms with Gasteiger partial charge in [0.15, 0.2) is 0 Å². The molecule has 3 N–H and O–H groups in total. The Morgan fingerprint density at radius 2 is 2.31 bits per heavy atom. The number of hydrogen-bond acceptors (Lipinski definition) is 4. The van der Waals surface area contributed by atoms with Crippen molar-refractivity contribution in [2.24, 2.45) is 10.8 Å². The molecule has 16 heavy (non-hydrogen) atoms. The fraction of sp³-hybridized carbons (Fsp3) is 0. The van der Waals surface area contributed by atoms with E-state index in [2.05, 4.69) is 5.10 Å². The lowest BCUT2D eigenvalue weighted by Gasteiger charge is -1.96. The van der Waals surface area contributed by atoms with E-state index in [1.54, 1.807) is 0 Å². The number of nitro benzene ring substituents is 1. The van der Waals surface area contributed by atoms with Gasteiger partial charge in [-0.15, -0.1) is 0 Å². The summed E-state index contributed by atoms with van der Waals surface area (Å²) in [4.78, 5) is 20.2. The third-order valence-corrected chi connectivity index (χ3v) is 1.87. The molecule has 0 aromatic heterocycles. The van der Waals surface area contributed by atoms with Crippen molar-refractivity contribution in [3.8, 4) is 0 Å². The lowest BCUT2D eigenvalue weighted by molar-refractivity contribution is -0.384. The van der Waals surface area contributed by atoms with Gasteiger partial charge in [-0.25, -0.2) is 10.2 Å². The molecule has 0 radical (unpaired) electrons. The quantitative estimate of drug-likeness (QED) is 0.473. The minimum absolute atomic E-state index is 0.0324. The minimum atomic E-state index is -0.820. The molecule has 0 aliphatic rings. The van der Waals surface area contributed by atoms with Crippen molar-refractivity contribution < 1.29 is 9.72 Å². The molecule has 2 amide bonds. The maximum atomic E-state index is 10.5. The molecule has 0 aliphatic carbocycles. The molecule has 1 aromatic carbocycles. The van der Waals surface area contributed by atoms with E-state index < -0.39 is 11.0 Å². The highest BCUT2D eigenvalue weighted by Crippen LogP contribution is 2.24. The number of nitrogens with two attached hydrogens (primary N) is 1. The van der Waals surface area contributed by atoms with Gasteiger partial charge in [-0.05, 0) is 6.07 Å². The number of benzene rings is 1. The standard InChI is InChI=1S/C8H7ClN4O3/c9-6-2-1-5(3-7(6)13(15)16)4-11-12-8(10)14/h1-4H,(H3,10,12,14). The van der Waals surface area contributed by atoms with Crippen LogP contribution in [0.4, 0.5) is 10.5 Å². The molecular weight excluding hydrogens is 236 g/mol. The minimum Gasteiger partial charge on any atom is -0.350 e. The van der Waals surface area contributed by atoms with E-state index in [1.807, 2.05) is 5.43 Å². The van der Waals surface area contributed by atoms with Gasteiger partial charge in [0.2, 0.25) is 0 Å². The molecule has 1 aromatic rings. The van der Waals surface area contributed by atoms with Crippen LogP contribution in [0.3, 0.4) is 0 Å². The highest BCUT2D eigenvalue weighted by atomic mass is 35.5. The number of nitrogens with one attached hydrogen (secondary N) is 1. The normalized spacial score (nSPS) is 10.3. The first-order valence-electron chi connectivity index (χ1n) is 4.03. The van der Waals surface area contributed by atoms with Gasteiger partial charge in [0.1, 0.15) is 5.02 Å². The number of halogens is 1. The maximum Gasteiger partial charge on any atom is 0.332 e. The van der Waals surface area contributed by atoms with E-state index in [0.29, 0.717) is 5.56 Å². The van der Waals surface area contributed by atoms with Gasteiger partial charge in [-0.1, -0.05) is 17.7 Å². The number of primary amides is 1. The van der Waals surface area contributed by atoms with Crippen molar-refractivity contribution in [2.45, 2.75) is 0 Å². The Balaban J connectivity index is 2.91. The van der Waals surface area contributed by atoms with Gasteiger partial charge in [-0.3, -0.25) is 10.1 Å². The van der Waals surface area contributed by atoms with E-state index >= 15 is 0 Å². The third kappa shape index (κ3) is 3.21. The van der Waals surface area contributed by atoms with Gasteiger partial charge in [0, 0.05) is 11.6 Å². The Hall–Kier alpha value is -2.15. The lowest BCUT2D eigenvalue weighted by atomic mass is 10.2. The van der Waals surface area contributed by atoms with Gasteiger partial charge in [0.25, 0.3) is 5.69 Å². The number of urea groups is 1. The first kappa shape index (κ1) is 11.9. The molecule has 0 unspecified atom stereocenters. The summed E-state index contributed by atoms with van der Waals surface area (Å²) in [6.45, 7) is 0. The summed E-state index contributed by atoms with van der Waals surface area (Å²) in [7, 11) is 0. The smallest absolute Gasteiger partial charge is 0.332 e. The maximum absolute atomic E-state index is 10.5. The Bertz CT molecular complexity index is 461. The van der Waals surface area contributed by atoms with Gasteiger partial charge in [0.05, 0.1) is 11.1 Å². The highest BCUT2D eigenvalue weighted by Gasteiger charge is 2.11. The second kappa shape index (κ2) is 5.08. The Morgan fingerprint density at radius 1 is 1.62 bits per heavy atom. The highest BCUT2D eigenvalue weighted by molar-refractivity contribution is 6.32. The average Bonchev–Trinajstić information content (AvgIpc) is 2.19. The zero-order valence-electron chi connectivity index (χ0n) is 7.88. The number of nitrogens with zero attached hydrogens (tertiary/aromatic N) is 2. The first-order chi connectivity index (χ1) is 7.50. The topological polar surface area (TPSA) is 111 Å². The SMILES string of the molecule is NC(=O)NN=Cc1ccc(Cl)c([N+](=O)[O-])c1. The number of hydrazone groups is 1. The first-order valence-corrected chi connectivity index (χ1v) is 4.41. The van der Waals surface area contributed by atoms with Crippen molar-refractivity contribution in [1.29, 1.82) is 0 Å². The Morgan fingerprint density at radius 3 is 2.88 bits per heavy atom. The number of carbonyl (C=O) groups is 1. The van der Waals surface area contributed by atoms with Crippen molar-refractivity contribution >= 4 is 29.5 Å². The van der Waals surface area contributed by atoms with E-state index in [-0.39, 0.29) is 10.7 Å². The average molecular weight is 243 g/mol. The van der Waals surface area contributed by atoms with Crippen LogP contribution in [-0.2, 0) is 0 Å². The van der Waals surface area contributed by atoms with Crippen LogP contribution in [0.15, 0.2) is 23.3 Å². The van der Waals surface area contributed by atoms with Crippen molar-refractivity contribution in [1.82, 2.24) is 5.43 Å². The molecule has 0 bridgehead atoms. The van der Waals surface area contributed by atoms with Crippen LogP contribution in [-0.4, -0.2) is 17.2 Å². The zero-order chi connectivity index (χ0) is 12.1. The molecule has 0 atom stereocenters. The van der Waals surface area contributed by atoms with Crippen molar-refractivity contribution in [3.05, 3.63) is 38.9 Å². The number of carbonyl (C=O) groups excluding carboxylic acids is 1. The molecular formula is C8H7ClN4O3. The second-order valence-electron chi connectivity index (χ2n) is 2.70. The fourth-order valence-electron chi connectivity index (χ4n) is 0.920. The van der Waals surface area contributed by atoms with Crippen LogP contribution in [0.5, 0.6) is 0 Å². The monoisotopic (exact) mass is 242 g/mol. The number of nitro groups is 1. The molecule has 1 rings (SSSR count). The van der Waals surface area contributed by atoms with Crippen LogP contribution in [0, 0.1) is 10.1 Å². The molecule has 0 spiro atoms. The van der Waals surface area contributed by atoms with Crippen LogP contribution in [0.2, 0.25) is 5.02 Å². The summed E-state index contributed by atoms with van der Waals surface area (Å²) >= 11 is 5.60. The predicted octanol–water partition coefficient (Wildman–Crippen LogP) is 1.25. The largest absolute Gasteiger partial charge is 0.350 e. The summed E-state index contributed by atoms with van der Waals surface area (Å²) in [6, 6.07) is 3.29. The summed E-state index contributed by atoms with van der Waals surface area (Å²) in [5.41, 5.74) is 6.92. The summed E-state index contributed by atoms with van der Waals surface area (Å²) < 4.78 is 0. The van der Waals surface area contributed by atoms with E-state index in [1.165, 1.54) is 24.4 Å². The number of hydrogen-bond donors (Lipinski definition) is 2. The molecule has 0 saturated heterocycles. The van der Waals surface area contributed by atoms with Crippen molar-refractivity contribution in [2.75, 3.05) is 0 Å². The Kier molecular flexibility index (Phi) is 3.78. The van der Waals surface area contributed by atoms with Gasteiger partial charge in [-0.2, -0.15) is 5.10 Å². The van der Waals surface area contributed by atoms with Gasteiger partial charge >= 0.3 is 6.03 Å². The summed E-state index contributed by atoms with van der Waals surface area (Å²) in [5, 5.41) is 14.0. The van der Waals surface area contributed by atoms with Crippen LogP contribution < -0.4 is 11.2 Å². The lowest BCUT2D eigenvalue weighted by Crippen LogP contribution is -2.24. The third-order valence-electron chi connectivity index (χ3n) is 1.56. The van der Waals surface area contributed by atoms with E-state index in [0.717, 1.165) is 0 Å². The number of rotatable bonds is 3. The molecule has 0 aliphatic heterocycles. The Labute approximate surface area is 95.0 Å². The number of amides is 2. The van der Waals surface area contributed by atoms with Gasteiger partial charge < -0.3 is 5.73 Å². The molecule has 0 fully saturated rings. The van der Waals surface area contributed by atoms with Crippen LogP contribution in [0.1, 0.15) is 5.56 Å². The molecule has 84 valence electrons. The second-order valence-corrected chi connectivity index (χ2v) is 3.11. The fourth-order valence-corrected chi connectivity index (χ4v) is 1.11. The predicted molar refractivity (Wildman–Crippen MR) is 58.4 cm³/mol. The summed E-state index contributed by atoms with van der Waals surface area (Å²) in [5.74, 6) is 0. The van der Waals surface area contributed by atoms with E-state index in [9.17, 15) is 14.9 Å². The van der Waals surface area contributed by atoms with E-state index in [4.69, 9.17) is 17.3 Å². The molecule has 0 saturated carbocycles. The van der Waals surface area contributed by atoms with Crippen molar-refractivity contribution in [3.63, 3.8) is 0 Å². The molecule has 7 nitrogen and oxygen atoms in total. The molecule has 8 heteroatoms. The zero-order valence-corrected chi connectivity index (χ0v) is 8.64. The molecule has 0 heterocycles. The van der Waals surface area contributed by atoms with Crippen LogP contribution >= 0.6 is 11.6 Å². The van der Waals surface area contributed by atoms with Crippen LogP contribution in [0.25, 0.3) is 0 Å². The summed E-state index contributed by atoms with van der Waals surface area (Å²) in [6.07, 6.45) is 1.22.